The van der Waals surface area contributed by atoms with Crippen molar-refractivity contribution in [1.82, 2.24) is 9.88 Å². The van der Waals surface area contributed by atoms with E-state index < -0.39 is 0 Å². The van der Waals surface area contributed by atoms with Gasteiger partial charge in [0.25, 0.3) is 0 Å². The van der Waals surface area contributed by atoms with Crippen molar-refractivity contribution >= 4 is 39.1 Å². The summed E-state index contributed by atoms with van der Waals surface area (Å²) in [4.78, 5) is 7.21. The molecule has 124 valence electrons. The lowest BCUT2D eigenvalue weighted by molar-refractivity contribution is 0.264. The third-order valence-electron chi connectivity index (χ3n) is 4.96. The summed E-state index contributed by atoms with van der Waals surface area (Å²) in [6.45, 7) is 4.41. The Hall–Kier alpha value is -1.84. The minimum atomic E-state index is 0.506. The molecule has 1 aliphatic rings. The molecule has 0 atom stereocenters. The molecule has 0 bridgehead atoms. The Morgan fingerprint density at radius 3 is 2.62 bits per heavy atom. The topological polar surface area (TPSA) is 28.2 Å². The van der Waals surface area contributed by atoms with Gasteiger partial charge in [-0.25, -0.2) is 4.98 Å². The molecule has 24 heavy (non-hydrogen) atoms. The fourth-order valence-corrected chi connectivity index (χ4v) is 3.71. The second kappa shape index (κ2) is 6.23. The van der Waals surface area contributed by atoms with Gasteiger partial charge < -0.3 is 10.2 Å². The number of nitrogens with zero attached hydrogens (tertiary/aromatic N) is 2. The number of anilines is 1. The Morgan fingerprint density at radius 1 is 1.04 bits per heavy atom. The lowest BCUT2D eigenvalue weighted by Crippen LogP contribution is -2.36. The molecule has 0 spiro atoms. The highest BCUT2D eigenvalue weighted by atomic mass is 35.5. The zero-order valence-electron chi connectivity index (χ0n) is 14.1. The van der Waals surface area contributed by atoms with E-state index in [9.17, 15) is 0 Å². The second-order valence-electron chi connectivity index (χ2n) is 6.89. The van der Waals surface area contributed by atoms with Gasteiger partial charge in [-0.2, -0.15) is 0 Å². The largest absolute Gasteiger partial charge is 0.381 e. The summed E-state index contributed by atoms with van der Waals surface area (Å²) in [5.74, 6) is 0. The zero-order valence-corrected chi connectivity index (χ0v) is 14.9. The van der Waals surface area contributed by atoms with Gasteiger partial charge in [0.1, 0.15) is 0 Å². The van der Waals surface area contributed by atoms with Crippen molar-refractivity contribution in [2.75, 3.05) is 25.5 Å². The first kappa shape index (κ1) is 15.7. The van der Waals surface area contributed by atoms with Crippen molar-refractivity contribution < 1.29 is 0 Å². The molecule has 0 saturated carbocycles. The molecule has 2 aromatic carbocycles. The molecule has 4 rings (SSSR count). The van der Waals surface area contributed by atoms with Gasteiger partial charge in [0, 0.05) is 21.8 Å². The first-order valence-corrected chi connectivity index (χ1v) is 8.93. The van der Waals surface area contributed by atoms with E-state index in [0.29, 0.717) is 6.04 Å². The number of benzene rings is 2. The van der Waals surface area contributed by atoms with Crippen LogP contribution in [0.25, 0.3) is 21.8 Å². The first-order valence-electron chi connectivity index (χ1n) is 8.55. The predicted molar refractivity (Wildman–Crippen MR) is 103 cm³/mol. The smallest absolute Gasteiger partial charge is 0.0745 e. The number of aromatic nitrogens is 1. The minimum Gasteiger partial charge on any atom is -0.381 e. The van der Waals surface area contributed by atoms with E-state index in [-0.39, 0.29) is 0 Å². The number of halogens is 1. The molecule has 0 radical (unpaired) electrons. The molecule has 3 nitrogen and oxygen atoms in total. The molecule has 1 fully saturated rings. The third-order valence-corrected chi connectivity index (χ3v) is 5.19. The van der Waals surface area contributed by atoms with Crippen LogP contribution in [-0.2, 0) is 0 Å². The highest BCUT2D eigenvalue weighted by molar-refractivity contribution is 6.31. The predicted octanol–water partition coefficient (Wildman–Crippen LogP) is 4.86. The van der Waals surface area contributed by atoms with Crippen LogP contribution in [0.5, 0.6) is 0 Å². The highest BCUT2D eigenvalue weighted by Crippen LogP contribution is 2.34. The molecular formula is C20H22ClN3. The maximum Gasteiger partial charge on any atom is 0.0745 e. The number of hydrogen-bond acceptors (Lipinski definition) is 3. The third kappa shape index (κ3) is 2.94. The molecule has 0 amide bonds. The molecular weight excluding hydrogens is 318 g/mol. The Labute approximate surface area is 147 Å². The van der Waals surface area contributed by atoms with Crippen LogP contribution < -0.4 is 5.32 Å². The Bertz CT molecular complexity index is 898. The van der Waals surface area contributed by atoms with Crippen LogP contribution >= 0.6 is 11.6 Å². The van der Waals surface area contributed by atoms with Crippen molar-refractivity contribution in [3.05, 3.63) is 47.0 Å². The van der Waals surface area contributed by atoms with Crippen molar-refractivity contribution in [2.24, 2.45) is 0 Å². The number of rotatable bonds is 2. The summed E-state index contributed by atoms with van der Waals surface area (Å²) in [6, 6.07) is 12.9. The number of likely N-dealkylation sites (tertiary alicyclic amines) is 1. The Balaban J connectivity index is 1.86. The van der Waals surface area contributed by atoms with Crippen LogP contribution in [-0.4, -0.2) is 36.1 Å². The molecule has 0 aliphatic carbocycles. The first-order chi connectivity index (χ1) is 11.6. The molecule has 1 N–H and O–H groups in total. The van der Waals surface area contributed by atoms with Crippen LogP contribution in [0.2, 0.25) is 5.02 Å². The van der Waals surface area contributed by atoms with Gasteiger partial charge in [-0.3, -0.25) is 0 Å². The van der Waals surface area contributed by atoms with E-state index in [0.717, 1.165) is 34.5 Å². The van der Waals surface area contributed by atoms with E-state index >= 15 is 0 Å². The normalized spacial score (nSPS) is 16.8. The highest BCUT2D eigenvalue weighted by Gasteiger charge is 2.19. The van der Waals surface area contributed by atoms with Gasteiger partial charge in [-0.05, 0) is 70.2 Å². The van der Waals surface area contributed by atoms with Gasteiger partial charge in [0.15, 0.2) is 0 Å². The number of hydrogen-bond donors (Lipinski definition) is 1. The summed E-state index contributed by atoms with van der Waals surface area (Å²) >= 11 is 6.19. The van der Waals surface area contributed by atoms with Gasteiger partial charge in [-0.15, -0.1) is 0 Å². The van der Waals surface area contributed by atoms with Crippen molar-refractivity contribution in [2.45, 2.75) is 25.8 Å². The molecule has 1 aliphatic heterocycles. The van der Waals surface area contributed by atoms with Crippen LogP contribution in [0.3, 0.4) is 0 Å². The van der Waals surface area contributed by atoms with E-state index in [2.05, 4.69) is 48.5 Å². The summed E-state index contributed by atoms with van der Waals surface area (Å²) in [7, 11) is 2.19. The van der Waals surface area contributed by atoms with Crippen LogP contribution in [0.15, 0.2) is 36.4 Å². The SMILES string of the molecule is Cc1ccc2nc3cc(Cl)ccc3c(NC3CCN(C)CC3)c2c1. The lowest BCUT2D eigenvalue weighted by atomic mass is 10.0. The number of fused-ring (bicyclic) bond motifs is 2. The Morgan fingerprint density at radius 2 is 1.83 bits per heavy atom. The number of aryl methyl sites for hydroxylation is 1. The monoisotopic (exact) mass is 339 g/mol. The number of nitrogens with one attached hydrogen (secondary N) is 1. The molecule has 2 heterocycles. The van der Waals surface area contributed by atoms with E-state index in [4.69, 9.17) is 16.6 Å². The maximum atomic E-state index is 6.19. The van der Waals surface area contributed by atoms with Gasteiger partial charge in [-0.1, -0.05) is 23.2 Å². The maximum absolute atomic E-state index is 6.19. The molecule has 1 saturated heterocycles. The fourth-order valence-electron chi connectivity index (χ4n) is 3.54. The molecule has 3 aromatic rings. The van der Waals surface area contributed by atoms with E-state index in [1.807, 2.05) is 12.1 Å². The Kier molecular flexibility index (Phi) is 4.07. The summed E-state index contributed by atoms with van der Waals surface area (Å²) in [5, 5.41) is 6.90. The van der Waals surface area contributed by atoms with Crippen LogP contribution in [0.4, 0.5) is 5.69 Å². The standard InChI is InChI=1S/C20H22ClN3/c1-13-3-6-18-17(11-13)20(22-15-7-9-24(2)10-8-15)16-5-4-14(21)12-19(16)23-18/h3-6,11-12,15H,7-10H2,1-2H3,(H,22,23). The van der Waals surface area contributed by atoms with Gasteiger partial charge in [0.2, 0.25) is 0 Å². The van der Waals surface area contributed by atoms with E-state index in [1.54, 1.807) is 0 Å². The van der Waals surface area contributed by atoms with E-state index in [1.165, 1.54) is 29.5 Å². The van der Waals surface area contributed by atoms with Crippen molar-refractivity contribution in [3.63, 3.8) is 0 Å². The van der Waals surface area contributed by atoms with Crippen LogP contribution in [0.1, 0.15) is 18.4 Å². The number of piperidine rings is 1. The quantitative estimate of drug-likeness (QED) is 0.676. The summed E-state index contributed by atoms with van der Waals surface area (Å²) in [5.41, 5.74) is 4.43. The summed E-state index contributed by atoms with van der Waals surface area (Å²) in [6.07, 6.45) is 2.34. The average molecular weight is 340 g/mol. The lowest BCUT2D eigenvalue weighted by Gasteiger charge is -2.31. The average Bonchev–Trinajstić information content (AvgIpc) is 2.57. The zero-order chi connectivity index (χ0) is 16.7. The fraction of sp³-hybridized carbons (Fsp3) is 0.350. The number of pyridine rings is 1. The van der Waals surface area contributed by atoms with Crippen LogP contribution in [0, 0.1) is 6.92 Å². The molecule has 4 heteroatoms. The summed E-state index contributed by atoms with van der Waals surface area (Å²) < 4.78 is 0. The molecule has 1 aromatic heterocycles. The molecule has 0 unspecified atom stereocenters. The van der Waals surface area contributed by atoms with Crippen molar-refractivity contribution in [3.8, 4) is 0 Å². The van der Waals surface area contributed by atoms with Crippen molar-refractivity contribution in [1.29, 1.82) is 0 Å². The second-order valence-corrected chi connectivity index (χ2v) is 7.33. The van der Waals surface area contributed by atoms with Gasteiger partial charge in [0.05, 0.1) is 16.7 Å². The van der Waals surface area contributed by atoms with Gasteiger partial charge >= 0.3 is 0 Å². The minimum absolute atomic E-state index is 0.506.